The molecule has 9 aliphatic rings. The summed E-state index contributed by atoms with van der Waals surface area (Å²) >= 11 is 0. The van der Waals surface area contributed by atoms with Crippen LogP contribution in [-0.4, -0.2) is 32.9 Å². The smallest absolute Gasteiger partial charge is 0.508 e. The van der Waals surface area contributed by atoms with Crippen LogP contribution in [0.3, 0.4) is 0 Å². The van der Waals surface area contributed by atoms with E-state index in [2.05, 4.69) is 121 Å². The first kappa shape index (κ1) is 114. The van der Waals surface area contributed by atoms with E-state index in [0.717, 1.165) is 194 Å². The van der Waals surface area contributed by atoms with Crippen molar-refractivity contribution in [3.8, 4) is 28.7 Å². The normalized spacial score (nSPS) is 23.6. The Kier molecular flexibility index (Phi) is 47.1. The first-order chi connectivity index (χ1) is 63.9. The summed E-state index contributed by atoms with van der Waals surface area (Å²) in [6.07, 6.45) is 79.0. The van der Waals surface area contributed by atoms with Gasteiger partial charge in [-0.05, 0) is 128 Å². The molecule has 764 valence electrons. The number of phenolic OH excluding ortho intramolecular Hbond substituents is 3. The summed E-state index contributed by atoms with van der Waals surface area (Å²) in [6, 6.07) is 9.06. The number of phenols is 3. The molecule has 133 heavy (non-hydrogen) atoms. The number of aromatic hydroxyl groups is 3. The maximum Gasteiger partial charge on any atom is 0.588 e. The molecule has 0 saturated carbocycles. The molecular formula is C115H199O15P3. The van der Waals surface area contributed by atoms with Gasteiger partial charge in [-0.15, -0.1) is 0 Å². The Morgan fingerprint density at radius 2 is 0.534 bits per heavy atom. The topological polar surface area (TPSA) is 195 Å². The van der Waals surface area contributed by atoms with Crippen LogP contribution in [0.1, 0.15) is 602 Å². The second-order valence-corrected chi connectivity index (χ2v) is 49.6. The fraction of sp³-hybridized carbons (Fsp3) is 0.843. The van der Waals surface area contributed by atoms with Crippen molar-refractivity contribution < 1.29 is 69.7 Å². The van der Waals surface area contributed by atoms with Gasteiger partial charge >= 0.3 is 35.4 Å². The third-order valence-corrected chi connectivity index (χ3v) is 36.8. The molecular weight excluding hydrogens is 1710 g/mol. The van der Waals surface area contributed by atoms with Gasteiger partial charge in [0.2, 0.25) is 0 Å². The zero-order valence-corrected chi connectivity index (χ0v) is 91.0. The predicted molar refractivity (Wildman–Crippen MR) is 555 cm³/mol. The van der Waals surface area contributed by atoms with Crippen LogP contribution in [0.5, 0.6) is 28.7 Å². The van der Waals surface area contributed by atoms with Crippen LogP contribution in [0.4, 0.5) is 0 Å². The number of benzene rings is 3. The highest BCUT2D eigenvalue weighted by Gasteiger charge is 2.96. The molecule has 3 atom stereocenters. The molecule has 3 N–H and O–H groups in total. The number of aryl methyl sites for hydroxylation is 2. The summed E-state index contributed by atoms with van der Waals surface area (Å²) in [6.45, 7) is 35.5. The summed E-state index contributed by atoms with van der Waals surface area (Å²) in [5.74, 6) is -4.86. The highest BCUT2D eigenvalue weighted by Crippen LogP contribution is 2.93. The van der Waals surface area contributed by atoms with Crippen LogP contribution >= 0.6 is 23.5 Å². The second-order valence-electron chi connectivity index (χ2n) is 45.3. The third kappa shape index (κ3) is 28.6. The number of hydrogen-bond donors (Lipinski definition) is 3. The Morgan fingerprint density at radius 1 is 0.286 bits per heavy atom. The van der Waals surface area contributed by atoms with Gasteiger partial charge in [-0.2, -0.15) is 0 Å². The van der Waals surface area contributed by atoms with Crippen molar-refractivity contribution in [3.63, 3.8) is 0 Å². The summed E-state index contributed by atoms with van der Waals surface area (Å²) in [5.41, 5.74) is -1.69. The number of rotatable bonds is 77. The van der Waals surface area contributed by atoms with E-state index >= 15 is 4.57 Å². The molecule has 0 spiro atoms. The standard InChI is InChI=1S/C115H199O15P3/c1-17-23-29-35-41-47-53-59-65-71-77-83-110(84-78-72-66-60-54-48-42-36-30-24-18-2)112(87-81-75-69-63-57-51-45-39-33-27-21-5,96-91-98(107(10,11)12)100(116)89-93(96)7)102-95(9)105-104(118)103(109(16,114-125-132(120,126-114)127-114)115-128-133(121,129-115)130-115)106(102)123-131(119,122-105)124-111(85-79-73-67-61-55-49-43-37-31-25-19-3,86-80-74-68-62-56-50-44-38-32-26-20-4)113(110,88-82-76-70-64-58-52-46-40-34-28-22-6)97-92-99(108(13,14)15)101(117)90-94(97)8/h89-92,116-118H,17-88H2,1-16H3. The first-order valence-electron chi connectivity index (χ1n) is 56.6. The summed E-state index contributed by atoms with van der Waals surface area (Å²) in [4.78, 5) is 0. The van der Waals surface area contributed by atoms with Crippen LogP contribution in [0.25, 0.3) is 0 Å². The Bertz CT molecular complexity index is 3900. The van der Waals surface area contributed by atoms with Gasteiger partial charge in [-0.1, -0.05) is 519 Å². The number of phosphoric ester groups is 3. The van der Waals surface area contributed by atoms with Crippen LogP contribution in [-0.2, 0) is 72.4 Å². The molecule has 0 aliphatic carbocycles. The first-order valence-corrected chi connectivity index (χ1v) is 61.0. The highest BCUT2D eigenvalue weighted by atomic mass is 31.2. The minimum atomic E-state index is -5.30. The fourth-order valence-corrected chi connectivity index (χ4v) is 29.8. The maximum absolute atomic E-state index is 19.1. The average molecular weight is 1910 g/mol. The van der Waals surface area contributed by atoms with Gasteiger partial charge < -0.3 is 24.4 Å². The molecule has 9 aliphatic heterocycles. The lowest BCUT2D eigenvalue weighted by Gasteiger charge is -2.70. The van der Waals surface area contributed by atoms with Crippen LogP contribution in [0.15, 0.2) is 24.3 Å². The Labute approximate surface area is 814 Å². The lowest BCUT2D eigenvalue weighted by Crippen LogP contribution is -2.81. The zero-order valence-electron chi connectivity index (χ0n) is 88.3. The number of phosphoric acid groups is 3. The van der Waals surface area contributed by atoms with Gasteiger partial charge in [0.05, 0.1) is 11.2 Å². The minimum absolute atomic E-state index is 0.00334. The second kappa shape index (κ2) is 55.1. The van der Waals surface area contributed by atoms with E-state index in [1.807, 2.05) is 6.92 Å². The Hall–Kier alpha value is -2.93. The van der Waals surface area contributed by atoms with Gasteiger partial charge in [0, 0.05) is 22.0 Å². The molecule has 6 saturated heterocycles. The summed E-state index contributed by atoms with van der Waals surface area (Å²) in [7, 11) is -13.6. The molecule has 15 nitrogen and oxygen atoms in total. The summed E-state index contributed by atoms with van der Waals surface area (Å²) < 4.78 is 111. The number of hydrogen-bond acceptors (Lipinski definition) is 15. The van der Waals surface area contributed by atoms with E-state index in [9.17, 15) is 24.4 Å². The van der Waals surface area contributed by atoms with Crippen molar-refractivity contribution >= 4 is 23.5 Å². The molecule has 18 heteroatoms. The molecule has 3 aromatic rings. The van der Waals surface area contributed by atoms with E-state index in [1.54, 1.807) is 6.92 Å². The molecule has 9 heterocycles. The van der Waals surface area contributed by atoms with E-state index < -0.39 is 79.3 Å². The van der Waals surface area contributed by atoms with Crippen molar-refractivity contribution in [2.75, 3.05) is 0 Å². The minimum Gasteiger partial charge on any atom is -0.508 e. The quantitative estimate of drug-likeness (QED) is 0.0356. The highest BCUT2D eigenvalue weighted by molar-refractivity contribution is 7.52. The van der Waals surface area contributed by atoms with Gasteiger partial charge in [0.1, 0.15) is 17.2 Å². The van der Waals surface area contributed by atoms with Crippen LogP contribution < -0.4 is 9.05 Å². The van der Waals surface area contributed by atoms with E-state index in [4.69, 9.17) is 40.7 Å². The Balaban J connectivity index is 1.49. The average Bonchev–Trinajstić information content (AvgIpc) is 1.12. The van der Waals surface area contributed by atoms with Crippen LogP contribution in [0.2, 0.25) is 0 Å². The molecule has 12 rings (SSSR count). The molecule has 0 radical (unpaired) electrons. The maximum atomic E-state index is 19.1. The van der Waals surface area contributed by atoms with Crippen molar-refractivity contribution in [2.45, 2.75) is 618 Å². The van der Waals surface area contributed by atoms with Gasteiger partial charge in [-0.3, -0.25) is 4.52 Å². The zero-order chi connectivity index (χ0) is 96.2. The van der Waals surface area contributed by atoms with E-state index in [-0.39, 0.29) is 28.6 Å². The molecule has 0 aromatic heterocycles. The largest absolute Gasteiger partial charge is 0.588 e. The number of fused-ring (bicyclic) bond motifs is 1. The summed E-state index contributed by atoms with van der Waals surface area (Å²) in [5, 5.41) is 41.2. The third-order valence-electron chi connectivity index (χ3n) is 32.6. The van der Waals surface area contributed by atoms with E-state index in [0.29, 0.717) is 49.7 Å². The molecule has 8 bridgehead atoms. The number of unbranched alkanes of at least 4 members (excludes halogenated alkanes) is 60. The van der Waals surface area contributed by atoms with Crippen molar-refractivity contribution in [2.24, 2.45) is 5.41 Å². The van der Waals surface area contributed by atoms with Crippen LogP contribution in [0, 0.1) is 26.2 Å². The molecule has 6 fully saturated rings. The monoisotopic (exact) mass is 1910 g/mol. The van der Waals surface area contributed by atoms with Gasteiger partial charge in [-0.25, -0.2) is 40.8 Å². The molecule has 3 aromatic carbocycles. The lowest BCUT2D eigenvalue weighted by molar-refractivity contribution is -0.544. The Morgan fingerprint density at radius 3 is 0.820 bits per heavy atom. The SMILES string of the molecule is CCCCCCCCCCCCCC1(CCCCCCCCCCCCC)OP2(=O)Oc3c(C)c(c(c(C(C)(C45OP(=O)(O4)O5)C45OP(=O)(O4)O5)c3O)O2)C(CCCCCCCCCCCCC)(c2cc(C(C)(C)C)c(O)cc2C)C(CCCCCCCCCCCCC)(CCCCCCCCCCCCC)C1(CCCCCCCCCCCCC)c1cc(C(C)(C)C)c(O)cc1C. The predicted octanol–water partition coefficient (Wildman–Crippen LogP) is 39.3. The lowest BCUT2D eigenvalue weighted by atomic mass is 9.35. The fourth-order valence-electron chi connectivity index (χ4n) is 25.1. The van der Waals surface area contributed by atoms with Crippen molar-refractivity contribution in [1.82, 2.24) is 0 Å². The molecule has 0 amide bonds. The van der Waals surface area contributed by atoms with Gasteiger partial charge in [0.25, 0.3) is 0 Å². The van der Waals surface area contributed by atoms with Gasteiger partial charge in [0.15, 0.2) is 16.9 Å². The van der Waals surface area contributed by atoms with Crippen molar-refractivity contribution in [1.29, 1.82) is 0 Å². The van der Waals surface area contributed by atoms with Crippen molar-refractivity contribution in [3.05, 3.63) is 74.3 Å². The molecule has 3 unspecified atom stereocenters. The van der Waals surface area contributed by atoms with E-state index in [1.165, 1.54) is 263 Å².